The number of carbonyl (C=O) groups excluding carboxylic acids is 2. The fourth-order valence-corrected chi connectivity index (χ4v) is 14.4. The lowest BCUT2D eigenvalue weighted by Gasteiger charge is -2.28. The minimum absolute atomic E-state index is 0.0277. The molecule has 0 spiro atoms. The highest BCUT2D eigenvalue weighted by atomic mass is 31.2. The van der Waals surface area contributed by atoms with Crippen molar-refractivity contribution in [2.75, 3.05) is 47.5 Å². The Labute approximate surface area is 636 Å². The second-order valence-electron chi connectivity index (χ2n) is 32.0. The van der Waals surface area contributed by atoms with E-state index in [0.29, 0.717) is 17.4 Å². The van der Waals surface area contributed by atoms with Gasteiger partial charge in [-0.25, -0.2) is 0 Å². The van der Waals surface area contributed by atoms with Gasteiger partial charge in [0.2, 0.25) is 0 Å². The summed E-state index contributed by atoms with van der Waals surface area (Å²) in [4.78, 5) is 38.3. The molecule has 0 saturated carbocycles. The molecule has 10 heteroatoms. The third kappa shape index (κ3) is 86.6. The van der Waals surface area contributed by atoms with Gasteiger partial charge in [0.25, 0.3) is 7.82 Å². The van der Waals surface area contributed by atoms with E-state index >= 15 is 0 Å². The van der Waals surface area contributed by atoms with Gasteiger partial charge in [0.05, 0.1) is 27.7 Å². The Bertz CT molecular complexity index is 1910. The number of allylic oxidation sites excluding steroid dienone is 10. The van der Waals surface area contributed by atoms with Crippen LogP contribution in [0.1, 0.15) is 463 Å². The van der Waals surface area contributed by atoms with Crippen LogP contribution in [0.2, 0.25) is 0 Å². The van der Waals surface area contributed by atoms with Crippen molar-refractivity contribution in [1.82, 2.24) is 0 Å². The van der Waals surface area contributed by atoms with Gasteiger partial charge in [-0.1, -0.05) is 428 Å². The van der Waals surface area contributed by atoms with Crippen molar-refractivity contribution in [1.29, 1.82) is 0 Å². The van der Waals surface area contributed by atoms with Crippen molar-refractivity contribution in [2.24, 2.45) is 0 Å². The van der Waals surface area contributed by atoms with E-state index < -0.39 is 26.5 Å². The van der Waals surface area contributed by atoms with Gasteiger partial charge in [0, 0.05) is 12.8 Å². The molecular formula is C92H174NO8P. The number of phosphoric ester groups is 1. The van der Waals surface area contributed by atoms with Crippen LogP contribution in [0.15, 0.2) is 60.8 Å². The van der Waals surface area contributed by atoms with Crippen molar-refractivity contribution in [2.45, 2.75) is 469 Å². The summed E-state index contributed by atoms with van der Waals surface area (Å²) in [5.41, 5.74) is 0. The first-order valence-corrected chi connectivity index (χ1v) is 46.5. The van der Waals surface area contributed by atoms with Crippen molar-refractivity contribution in [3.8, 4) is 0 Å². The van der Waals surface area contributed by atoms with Gasteiger partial charge in [-0.05, 0) is 83.5 Å². The third-order valence-electron chi connectivity index (χ3n) is 20.5. The SMILES string of the molecule is CCCCCCC/C=C\C/C=C\C/C=C\CCCCCCCCCCCCCCCCCCCCCCCCCCCCC(=O)OC(COC(=O)CCCCCCCCCCCCCCCCCCCCCCCCCCC/C=C\C/C=C\CCCCCCC)COP(=O)([O-])OCC[N+](C)(C)C. The van der Waals surface area contributed by atoms with E-state index in [9.17, 15) is 19.0 Å². The maximum Gasteiger partial charge on any atom is 0.306 e. The van der Waals surface area contributed by atoms with E-state index in [0.717, 1.165) is 51.4 Å². The Kier molecular flexibility index (Phi) is 80.9. The van der Waals surface area contributed by atoms with E-state index in [1.807, 2.05) is 21.1 Å². The van der Waals surface area contributed by atoms with Crippen molar-refractivity contribution < 1.29 is 42.1 Å². The fraction of sp³-hybridized carbons (Fsp3) is 0.870. The lowest BCUT2D eigenvalue weighted by Crippen LogP contribution is -2.37. The first-order chi connectivity index (χ1) is 50.0. The van der Waals surface area contributed by atoms with Gasteiger partial charge < -0.3 is 27.9 Å². The second kappa shape index (κ2) is 82.8. The van der Waals surface area contributed by atoms with Gasteiger partial charge >= 0.3 is 11.9 Å². The number of phosphoric acid groups is 1. The van der Waals surface area contributed by atoms with Gasteiger partial charge in [0.1, 0.15) is 19.8 Å². The number of nitrogens with zero attached hydrogens (tertiary/aromatic N) is 1. The van der Waals surface area contributed by atoms with E-state index in [2.05, 4.69) is 74.6 Å². The molecule has 0 amide bonds. The van der Waals surface area contributed by atoms with Crippen LogP contribution in [0.25, 0.3) is 0 Å². The van der Waals surface area contributed by atoms with Crippen LogP contribution < -0.4 is 4.89 Å². The molecule has 0 aromatic carbocycles. The van der Waals surface area contributed by atoms with E-state index in [1.54, 1.807) is 0 Å². The molecule has 0 N–H and O–H groups in total. The molecule has 2 atom stereocenters. The van der Waals surface area contributed by atoms with Gasteiger partial charge in [-0.15, -0.1) is 0 Å². The third-order valence-corrected chi connectivity index (χ3v) is 21.5. The first kappa shape index (κ1) is 99.7. The maximum absolute atomic E-state index is 12.9. The Morgan fingerprint density at radius 3 is 0.784 bits per heavy atom. The Morgan fingerprint density at radius 1 is 0.304 bits per heavy atom. The molecule has 0 saturated heterocycles. The monoisotopic (exact) mass is 1450 g/mol. The molecular weight excluding hydrogens is 1280 g/mol. The number of likely N-dealkylation sites (N-methyl/N-ethyl adjacent to an activating group) is 1. The zero-order chi connectivity index (χ0) is 74.0. The molecule has 0 aliphatic rings. The standard InChI is InChI=1S/C92H174NO8P/c1-6-8-10-12-14-16-18-20-22-24-26-28-30-32-34-36-38-40-42-44-45-46-47-49-51-53-55-57-59-61-63-65-67-69-71-73-75-77-79-81-83-85-92(95)101-90(89-100-102(96,97)99-87-86-93(3,4)5)88-98-91(94)84-82-80-78-76-74-72-70-68-66-64-62-60-58-56-54-52-50-48-43-41-39-37-35-33-31-29-27-25-23-21-19-17-15-13-11-9-7-2/h18-21,24-27,30,32,90H,6-17,22-23,28-29,31,33-89H2,1-5H3/b20-18-,21-19-,26-24-,27-25-,32-30-. The van der Waals surface area contributed by atoms with E-state index in [4.69, 9.17) is 18.5 Å². The summed E-state index contributed by atoms with van der Waals surface area (Å²) in [6, 6.07) is 0. The highest BCUT2D eigenvalue weighted by Crippen LogP contribution is 2.38. The number of unbranched alkanes of at least 4 members (excludes halogenated alkanes) is 61. The zero-order valence-electron chi connectivity index (χ0n) is 68.8. The minimum atomic E-state index is -4.65. The first-order valence-electron chi connectivity index (χ1n) is 45.0. The number of esters is 2. The quantitative estimate of drug-likeness (QED) is 0.0195. The van der Waals surface area contributed by atoms with Crippen molar-refractivity contribution >= 4 is 19.8 Å². The molecule has 0 rings (SSSR count). The average molecular weight is 1450 g/mol. The van der Waals surface area contributed by atoms with Crippen LogP contribution in [0, 0.1) is 0 Å². The topological polar surface area (TPSA) is 111 Å². The molecule has 0 aromatic rings. The molecule has 0 fully saturated rings. The summed E-state index contributed by atoms with van der Waals surface area (Å²) >= 11 is 0. The molecule has 600 valence electrons. The molecule has 0 aliphatic carbocycles. The van der Waals surface area contributed by atoms with Crippen LogP contribution in [0.3, 0.4) is 0 Å². The van der Waals surface area contributed by atoms with E-state index in [-0.39, 0.29) is 32.0 Å². The number of hydrogen-bond acceptors (Lipinski definition) is 8. The largest absolute Gasteiger partial charge is 0.756 e. The molecule has 2 unspecified atom stereocenters. The van der Waals surface area contributed by atoms with Crippen LogP contribution in [0.5, 0.6) is 0 Å². The summed E-state index contributed by atoms with van der Waals surface area (Å²) in [5.74, 6) is -0.806. The number of carbonyl (C=O) groups is 2. The van der Waals surface area contributed by atoms with Crippen molar-refractivity contribution in [3.63, 3.8) is 0 Å². The second-order valence-corrected chi connectivity index (χ2v) is 33.4. The summed E-state index contributed by atoms with van der Waals surface area (Å²) in [6.45, 7) is 4.30. The molecule has 9 nitrogen and oxygen atoms in total. The van der Waals surface area contributed by atoms with Crippen LogP contribution >= 0.6 is 7.82 Å². The molecule has 0 bridgehead atoms. The lowest BCUT2D eigenvalue weighted by atomic mass is 10.0. The number of ether oxygens (including phenoxy) is 2. The summed E-state index contributed by atoms with van der Waals surface area (Å²) < 4.78 is 34.5. The van der Waals surface area contributed by atoms with Crippen LogP contribution in [0.4, 0.5) is 0 Å². The minimum Gasteiger partial charge on any atom is -0.756 e. The fourth-order valence-electron chi connectivity index (χ4n) is 13.6. The lowest BCUT2D eigenvalue weighted by molar-refractivity contribution is -0.870. The van der Waals surface area contributed by atoms with Gasteiger partial charge in [-0.2, -0.15) is 0 Å². The normalized spacial score (nSPS) is 13.2. The van der Waals surface area contributed by atoms with Gasteiger partial charge in [0.15, 0.2) is 6.10 Å². The van der Waals surface area contributed by atoms with Crippen LogP contribution in [-0.4, -0.2) is 70.0 Å². The Balaban J connectivity index is 3.84. The Morgan fingerprint density at radius 2 is 0.529 bits per heavy atom. The number of hydrogen-bond donors (Lipinski definition) is 0. The Hall–Kier alpha value is -2.29. The van der Waals surface area contributed by atoms with Crippen LogP contribution in [-0.2, 0) is 32.7 Å². The summed E-state index contributed by atoms with van der Waals surface area (Å²) in [5, 5.41) is 0. The number of rotatable bonds is 85. The number of quaternary nitrogens is 1. The molecule has 0 aliphatic heterocycles. The molecule has 0 aromatic heterocycles. The summed E-state index contributed by atoms with van der Waals surface area (Å²) in [7, 11) is 1.19. The zero-order valence-corrected chi connectivity index (χ0v) is 69.7. The maximum atomic E-state index is 12.9. The highest BCUT2D eigenvalue weighted by Gasteiger charge is 2.22. The van der Waals surface area contributed by atoms with Crippen molar-refractivity contribution in [3.05, 3.63) is 60.8 Å². The predicted molar refractivity (Wildman–Crippen MR) is 443 cm³/mol. The summed E-state index contributed by atoms with van der Waals surface area (Å²) in [6.07, 6.45) is 113. The smallest absolute Gasteiger partial charge is 0.306 e. The molecule has 0 heterocycles. The average Bonchev–Trinajstić information content (AvgIpc) is 0.916. The molecule has 102 heavy (non-hydrogen) atoms. The predicted octanol–water partition coefficient (Wildman–Crippen LogP) is 29.8. The molecule has 0 radical (unpaired) electrons. The van der Waals surface area contributed by atoms with E-state index in [1.165, 1.54) is 379 Å². The highest BCUT2D eigenvalue weighted by molar-refractivity contribution is 7.45. The van der Waals surface area contributed by atoms with Gasteiger partial charge in [-0.3, -0.25) is 14.2 Å².